The normalized spacial score (nSPS) is 37.6. The van der Waals surface area contributed by atoms with Gasteiger partial charge in [0.15, 0.2) is 0 Å². The molecule has 19 heavy (non-hydrogen) atoms. The van der Waals surface area contributed by atoms with Crippen molar-refractivity contribution >= 4 is 11.7 Å². The maximum absolute atomic E-state index is 11.5. The summed E-state index contributed by atoms with van der Waals surface area (Å²) in [6, 6.07) is -0.227. The lowest BCUT2D eigenvalue weighted by atomic mass is 9.81. The van der Waals surface area contributed by atoms with Gasteiger partial charge in [0.2, 0.25) is 0 Å². The third-order valence-electron chi connectivity index (χ3n) is 5.10. The summed E-state index contributed by atoms with van der Waals surface area (Å²) in [5.74, 6) is 3.31. The molecule has 4 unspecified atom stereocenters. The molecule has 4 atom stereocenters. The maximum Gasteiger partial charge on any atom is 0.335 e. The number of amides is 2. The molecule has 3 fully saturated rings. The van der Waals surface area contributed by atoms with E-state index in [2.05, 4.69) is 15.8 Å². The van der Waals surface area contributed by atoms with E-state index in [1.807, 2.05) is 0 Å². The Hall–Kier alpha value is -1.10. The lowest BCUT2D eigenvalue weighted by Crippen LogP contribution is -2.36. The highest BCUT2D eigenvalue weighted by atomic mass is 16.5. The zero-order valence-electron chi connectivity index (χ0n) is 11.5. The van der Waals surface area contributed by atoms with Crippen LogP contribution in [0.25, 0.3) is 0 Å². The highest BCUT2D eigenvalue weighted by molar-refractivity contribution is 5.91. The van der Waals surface area contributed by atoms with Gasteiger partial charge in [0, 0.05) is 25.3 Å². The van der Waals surface area contributed by atoms with Gasteiger partial charge in [0.05, 0.1) is 6.61 Å². The number of methoxy groups -OCH3 is 1. The molecule has 2 bridgehead atoms. The van der Waals surface area contributed by atoms with Crippen LogP contribution in [0.3, 0.4) is 0 Å². The summed E-state index contributed by atoms with van der Waals surface area (Å²) in [6.07, 6.45) is 6.58. The Kier molecular flexibility index (Phi) is 3.73. The van der Waals surface area contributed by atoms with Gasteiger partial charge in [-0.3, -0.25) is 0 Å². The SMILES string of the molecule is COCCNC(=O)NN=C1CC2CC1C1CCCC21. The van der Waals surface area contributed by atoms with Crippen LogP contribution in [0.1, 0.15) is 32.1 Å². The van der Waals surface area contributed by atoms with Gasteiger partial charge in [-0.2, -0.15) is 5.10 Å². The minimum atomic E-state index is -0.227. The number of ether oxygens (including phenoxy) is 1. The quantitative estimate of drug-likeness (QED) is 0.601. The molecule has 3 aliphatic carbocycles. The maximum atomic E-state index is 11.5. The first-order chi connectivity index (χ1) is 9.29. The van der Waals surface area contributed by atoms with Crippen molar-refractivity contribution in [2.24, 2.45) is 28.8 Å². The van der Waals surface area contributed by atoms with Crippen LogP contribution in [0, 0.1) is 23.7 Å². The molecule has 0 aromatic carbocycles. The molecule has 2 amide bonds. The topological polar surface area (TPSA) is 62.7 Å². The third-order valence-corrected chi connectivity index (χ3v) is 5.10. The van der Waals surface area contributed by atoms with Crippen LogP contribution in [0.15, 0.2) is 5.10 Å². The summed E-state index contributed by atoms with van der Waals surface area (Å²) < 4.78 is 4.88. The Morgan fingerprint density at radius 1 is 1.42 bits per heavy atom. The minimum absolute atomic E-state index is 0.227. The fourth-order valence-corrected chi connectivity index (χ4v) is 4.37. The Labute approximate surface area is 114 Å². The van der Waals surface area contributed by atoms with E-state index in [1.54, 1.807) is 7.11 Å². The molecular formula is C14H23N3O2. The number of carbonyl (C=O) groups is 1. The molecule has 2 N–H and O–H groups in total. The van der Waals surface area contributed by atoms with E-state index in [4.69, 9.17) is 4.74 Å². The van der Waals surface area contributed by atoms with Gasteiger partial charge < -0.3 is 10.1 Å². The molecule has 0 aromatic rings. The molecule has 3 aliphatic rings. The number of nitrogens with one attached hydrogen (secondary N) is 2. The zero-order valence-corrected chi connectivity index (χ0v) is 11.5. The molecule has 5 heteroatoms. The Balaban J connectivity index is 1.50. The number of carbonyl (C=O) groups excluding carboxylic acids is 1. The van der Waals surface area contributed by atoms with Crippen molar-refractivity contribution < 1.29 is 9.53 Å². The van der Waals surface area contributed by atoms with Crippen molar-refractivity contribution in [2.45, 2.75) is 32.1 Å². The van der Waals surface area contributed by atoms with Gasteiger partial charge in [-0.25, -0.2) is 10.2 Å². The molecule has 0 radical (unpaired) electrons. The number of fused-ring (bicyclic) bond motifs is 5. The highest BCUT2D eigenvalue weighted by Gasteiger charge is 2.52. The van der Waals surface area contributed by atoms with Gasteiger partial charge in [-0.1, -0.05) is 6.42 Å². The standard InChI is InChI=1S/C14H23N3O2/c1-19-6-5-15-14(18)17-16-13-8-9-7-12(13)11-4-2-3-10(9)11/h9-12H,2-8H2,1H3,(H2,15,17,18). The smallest absolute Gasteiger partial charge is 0.335 e. The number of hydrogen-bond acceptors (Lipinski definition) is 3. The van der Waals surface area contributed by atoms with Crippen molar-refractivity contribution in [1.29, 1.82) is 0 Å². The lowest BCUT2D eigenvalue weighted by Gasteiger charge is -2.25. The van der Waals surface area contributed by atoms with E-state index in [-0.39, 0.29) is 6.03 Å². The van der Waals surface area contributed by atoms with Gasteiger partial charge >= 0.3 is 6.03 Å². The van der Waals surface area contributed by atoms with Crippen LogP contribution in [-0.4, -0.2) is 32.0 Å². The van der Waals surface area contributed by atoms with E-state index in [0.717, 1.165) is 24.2 Å². The molecule has 5 nitrogen and oxygen atoms in total. The molecule has 0 spiro atoms. The van der Waals surface area contributed by atoms with Crippen LogP contribution < -0.4 is 10.7 Å². The Morgan fingerprint density at radius 3 is 3.11 bits per heavy atom. The fraction of sp³-hybridized carbons (Fsp3) is 0.857. The molecule has 106 valence electrons. The molecule has 3 rings (SSSR count). The molecule has 0 saturated heterocycles. The highest BCUT2D eigenvalue weighted by Crippen LogP contribution is 2.57. The largest absolute Gasteiger partial charge is 0.383 e. The van der Waals surface area contributed by atoms with Gasteiger partial charge in [-0.05, 0) is 43.4 Å². The average molecular weight is 265 g/mol. The summed E-state index contributed by atoms with van der Waals surface area (Å²) in [4.78, 5) is 11.5. The summed E-state index contributed by atoms with van der Waals surface area (Å²) in [5.41, 5.74) is 3.86. The predicted molar refractivity (Wildman–Crippen MR) is 72.9 cm³/mol. The molecular weight excluding hydrogens is 242 g/mol. The molecule has 0 aliphatic heterocycles. The first-order valence-corrected chi connectivity index (χ1v) is 7.39. The number of hydrogen-bond donors (Lipinski definition) is 2. The van der Waals surface area contributed by atoms with Crippen LogP contribution in [-0.2, 0) is 4.74 Å². The molecule has 0 aromatic heterocycles. The Morgan fingerprint density at radius 2 is 2.26 bits per heavy atom. The summed E-state index contributed by atoms with van der Waals surface area (Å²) in [6.45, 7) is 1.04. The second-order valence-corrected chi connectivity index (χ2v) is 6.03. The summed E-state index contributed by atoms with van der Waals surface area (Å²) >= 11 is 0. The van der Waals surface area contributed by atoms with Gasteiger partial charge in [0.1, 0.15) is 0 Å². The number of urea groups is 1. The van der Waals surface area contributed by atoms with E-state index < -0.39 is 0 Å². The van der Waals surface area contributed by atoms with Crippen LogP contribution in [0.5, 0.6) is 0 Å². The zero-order chi connectivity index (χ0) is 13.2. The number of nitrogens with zero attached hydrogens (tertiary/aromatic N) is 1. The minimum Gasteiger partial charge on any atom is -0.383 e. The Bertz CT molecular complexity index is 383. The summed E-state index contributed by atoms with van der Waals surface area (Å²) in [5, 5.41) is 7.07. The first kappa shape index (κ1) is 12.9. The van der Waals surface area contributed by atoms with Crippen molar-refractivity contribution in [3.05, 3.63) is 0 Å². The lowest BCUT2D eigenvalue weighted by molar-refractivity contribution is 0.196. The van der Waals surface area contributed by atoms with Crippen molar-refractivity contribution in [3.8, 4) is 0 Å². The number of rotatable bonds is 4. The molecule has 0 heterocycles. The van der Waals surface area contributed by atoms with Gasteiger partial charge in [0.25, 0.3) is 0 Å². The van der Waals surface area contributed by atoms with E-state index in [9.17, 15) is 4.79 Å². The second-order valence-electron chi connectivity index (χ2n) is 6.03. The second kappa shape index (κ2) is 5.49. The van der Waals surface area contributed by atoms with Crippen LogP contribution in [0.4, 0.5) is 4.79 Å². The number of hydrazone groups is 1. The van der Waals surface area contributed by atoms with Gasteiger partial charge in [-0.15, -0.1) is 0 Å². The first-order valence-electron chi connectivity index (χ1n) is 7.39. The fourth-order valence-electron chi connectivity index (χ4n) is 4.37. The van der Waals surface area contributed by atoms with Crippen molar-refractivity contribution in [2.75, 3.05) is 20.3 Å². The average Bonchev–Trinajstić information content (AvgIpc) is 3.08. The monoisotopic (exact) mass is 265 g/mol. The summed E-state index contributed by atoms with van der Waals surface area (Å²) in [7, 11) is 1.62. The van der Waals surface area contributed by atoms with E-state index in [1.165, 1.54) is 31.4 Å². The van der Waals surface area contributed by atoms with Crippen LogP contribution in [0.2, 0.25) is 0 Å². The van der Waals surface area contributed by atoms with E-state index >= 15 is 0 Å². The molecule has 3 saturated carbocycles. The van der Waals surface area contributed by atoms with Crippen molar-refractivity contribution in [3.63, 3.8) is 0 Å². The van der Waals surface area contributed by atoms with Crippen molar-refractivity contribution in [1.82, 2.24) is 10.7 Å². The predicted octanol–water partition coefficient (Wildman–Crippen LogP) is 1.74. The van der Waals surface area contributed by atoms with E-state index in [0.29, 0.717) is 19.1 Å². The third kappa shape index (κ3) is 2.48. The van der Waals surface area contributed by atoms with Crippen LogP contribution >= 0.6 is 0 Å².